The lowest BCUT2D eigenvalue weighted by molar-refractivity contribution is -0.147. The summed E-state index contributed by atoms with van der Waals surface area (Å²) in [6, 6.07) is -0.750. The van der Waals surface area contributed by atoms with E-state index in [0.717, 1.165) is 18.5 Å². The predicted octanol–water partition coefficient (Wildman–Crippen LogP) is 1.29. The number of carbonyl (C=O) groups excluding carboxylic acids is 2. The van der Waals surface area contributed by atoms with E-state index in [0.29, 0.717) is 44.5 Å². The number of H-pyrrole nitrogens is 1. The molecule has 1 aromatic heterocycles. The van der Waals surface area contributed by atoms with Crippen molar-refractivity contribution in [3.63, 3.8) is 0 Å². The highest BCUT2D eigenvalue weighted by Gasteiger charge is 2.49. The summed E-state index contributed by atoms with van der Waals surface area (Å²) in [6.45, 7) is 5.09. The van der Waals surface area contributed by atoms with Gasteiger partial charge in [-0.25, -0.2) is 4.79 Å². The monoisotopic (exact) mass is 362 g/mol. The maximum atomic E-state index is 12.8. The second-order valence-electron chi connectivity index (χ2n) is 7.51. The van der Waals surface area contributed by atoms with E-state index in [4.69, 9.17) is 0 Å². The number of carbonyl (C=O) groups is 3. The molecule has 142 valence electrons. The average Bonchev–Trinajstić information content (AvgIpc) is 3.21. The minimum atomic E-state index is -0.946. The van der Waals surface area contributed by atoms with Crippen molar-refractivity contribution in [2.45, 2.75) is 52.0 Å². The molecule has 8 heteroatoms. The highest BCUT2D eigenvalue weighted by Crippen LogP contribution is 2.43. The Kier molecular flexibility index (Phi) is 5.02. The van der Waals surface area contributed by atoms with Crippen molar-refractivity contribution in [2.75, 3.05) is 19.6 Å². The Morgan fingerprint density at radius 1 is 1.35 bits per heavy atom. The molecule has 26 heavy (non-hydrogen) atoms. The van der Waals surface area contributed by atoms with E-state index < -0.39 is 12.0 Å². The van der Waals surface area contributed by atoms with Crippen molar-refractivity contribution in [3.05, 3.63) is 17.5 Å². The number of aryl methyl sites for hydroxylation is 1. The molecule has 0 aliphatic carbocycles. The Morgan fingerprint density at radius 3 is 2.58 bits per heavy atom. The molecule has 2 aliphatic rings. The van der Waals surface area contributed by atoms with Crippen molar-refractivity contribution >= 4 is 17.8 Å². The molecule has 0 radical (unpaired) electrons. The first-order valence-electron chi connectivity index (χ1n) is 9.18. The van der Waals surface area contributed by atoms with Gasteiger partial charge in [-0.3, -0.25) is 14.7 Å². The first kappa shape index (κ1) is 18.4. The highest BCUT2D eigenvalue weighted by atomic mass is 16.4. The topological polar surface area (TPSA) is 107 Å². The number of aromatic amines is 1. The second-order valence-corrected chi connectivity index (χ2v) is 7.51. The van der Waals surface area contributed by atoms with E-state index in [-0.39, 0.29) is 17.2 Å². The number of likely N-dealkylation sites (tertiary alicyclic amines) is 2. The molecular formula is C18H26N4O4. The number of amides is 2. The molecule has 2 N–H and O–H groups in total. The number of hydrogen-bond donors (Lipinski definition) is 2. The predicted molar refractivity (Wildman–Crippen MR) is 93.6 cm³/mol. The largest absolute Gasteiger partial charge is 0.480 e. The van der Waals surface area contributed by atoms with Gasteiger partial charge in [-0.1, -0.05) is 13.3 Å². The lowest BCUT2D eigenvalue weighted by atomic mass is 9.76. The molecule has 1 aromatic rings. The standard InChI is InChI=1S/C18H26N4O4/c1-3-4-14-13(10-19-20-14)16(24)21-7-5-18(6-8-21)9-15(17(25)26)22(11-18)12(2)23/h10,15H,3-9,11H2,1-2H3,(H,19,20)(H,25,26). The van der Waals surface area contributed by atoms with Crippen LogP contribution >= 0.6 is 0 Å². The highest BCUT2D eigenvalue weighted by molar-refractivity contribution is 5.95. The Labute approximate surface area is 152 Å². The zero-order valence-corrected chi connectivity index (χ0v) is 15.3. The van der Waals surface area contributed by atoms with E-state index >= 15 is 0 Å². The summed E-state index contributed by atoms with van der Waals surface area (Å²) >= 11 is 0. The number of carboxylic acids is 1. The zero-order chi connectivity index (χ0) is 18.9. The normalized spacial score (nSPS) is 22.0. The lowest BCUT2D eigenvalue weighted by Crippen LogP contribution is -2.44. The zero-order valence-electron chi connectivity index (χ0n) is 15.3. The van der Waals surface area contributed by atoms with Gasteiger partial charge in [0.2, 0.25) is 5.91 Å². The SMILES string of the molecule is CCCc1[nH]ncc1C(=O)N1CCC2(CC1)CC(C(=O)O)N(C(C)=O)C2. The third-order valence-corrected chi connectivity index (χ3v) is 5.76. The van der Waals surface area contributed by atoms with E-state index in [1.54, 1.807) is 6.20 Å². The average molecular weight is 362 g/mol. The van der Waals surface area contributed by atoms with E-state index in [2.05, 4.69) is 17.1 Å². The van der Waals surface area contributed by atoms with Crippen molar-refractivity contribution in [2.24, 2.45) is 5.41 Å². The van der Waals surface area contributed by atoms with Crippen LogP contribution in [0.25, 0.3) is 0 Å². The van der Waals surface area contributed by atoms with Gasteiger partial charge in [0.25, 0.3) is 5.91 Å². The first-order valence-corrected chi connectivity index (χ1v) is 9.18. The maximum absolute atomic E-state index is 12.8. The first-order chi connectivity index (χ1) is 12.4. The number of aliphatic carboxylic acids is 1. The Bertz CT molecular complexity index is 682. The van der Waals surface area contributed by atoms with Gasteiger partial charge in [0.05, 0.1) is 11.8 Å². The second kappa shape index (κ2) is 7.09. The van der Waals surface area contributed by atoms with Crippen LogP contribution in [0.5, 0.6) is 0 Å². The molecule has 0 bridgehead atoms. The molecule has 2 saturated heterocycles. The Morgan fingerprint density at radius 2 is 2.04 bits per heavy atom. The third-order valence-electron chi connectivity index (χ3n) is 5.76. The number of nitrogens with zero attached hydrogens (tertiary/aromatic N) is 3. The van der Waals surface area contributed by atoms with Crippen LogP contribution in [0.4, 0.5) is 0 Å². The van der Waals surface area contributed by atoms with Crippen molar-refractivity contribution in [1.29, 1.82) is 0 Å². The van der Waals surface area contributed by atoms with Crippen LogP contribution in [0.3, 0.4) is 0 Å². The molecule has 2 fully saturated rings. The van der Waals surface area contributed by atoms with Crippen molar-refractivity contribution in [3.8, 4) is 0 Å². The minimum absolute atomic E-state index is 0.0201. The molecule has 3 heterocycles. The van der Waals surface area contributed by atoms with Crippen molar-refractivity contribution < 1.29 is 19.5 Å². The Hall–Kier alpha value is -2.38. The minimum Gasteiger partial charge on any atom is -0.480 e. The van der Waals surface area contributed by atoms with Gasteiger partial charge in [-0.05, 0) is 31.1 Å². The number of rotatable bonds is 4. The van der Waals surface area contributed by atoms with E-state index in [9.17, 15) is 19.5 Å². The van der Waals surface area contributed by atoms with E-state index in [1.807, 2.05) is 4.90 Å². The van der Waals surface area contributed by atoms with Gasteiger partial charge in [-0.2, -0.15) is 5.10 Å². The van der Waals surface area contributed by atoms with Crippen LogP contribution in [0, 0.1) is 5.41 Å². The summed E-state index contributed by atoms with van der Waals surface area (Å²) in [4.78, 5) is 39.4. The summed E-state index contributed by atoms with van der Waals surface area (Å²) < 4.78 is 0. The van der Waals surface area contributed by atoms with Gasteiger partial charge >= 0.3 is 5.97 Å². The van der Waals surface area contributed by atoms with Crippen LogP contribution in [0.15, 0.2) is 6.20 Å². The fourth-order valence-electron chi connectivity index (χ4n) is 4.26. The number of carboxylic acid groups (broad SMARTS) is 1. The van der Waals surface area contributed by atoms with Gasteiger partial charge < -0.3 is 14.9 Å². The molecule has 0 aromatic carbocycles. The van der Waals surface area contributed by atoms with Crippen LogP contribution in [0.1, 0.15) is 55.6 Å². The van der Waals surface area contributed by atoms with Crippen LogP contribution in [-0.2, 0) is 16.0 Å². The van der Waals surface area contributed by atoms with E-state index in [1.165, 1.54) is 11.8 Å². The summed E-state index contributed by atoms with van der Waals surface area (Å²) in [7, 11) is 0. The summed E-state index contributed by atoms with van der Waals surface area (Å²) in [5.74, 6) is -1.16. The molecule has 2 aliphatic heterocycles. The molecule has 2 amide bonds. The number of nitrogens with one attached hydrogen (secondary N) is 1. The molecule has 1 spiro atoms. The molecule has 1 unspecified atom stereocenters. The fraction of sp³-hybridized carbons (Fsp3) is 0.667. The van der Waals surface area contributed by atoms with Gasteiger partial charge in [-0.15, -0.1) is 0 Å². The number of piperidine rings is 1. The summed E-state index contributed by atoms with van der Waals surface area (Å²) in [5, 5.41) is 16.3. The van der Waals surface area contributed by atoms with Crippen LogP contribution < -0.4 is 0 Å². The molecule has 1 atom stereocenters. The molecular weight excluding hydrogens is 336 g/mol. The lowest BCUT2D eigenvalue weighted by Gasteiger charge is -2.39. The summed E-state index contributed by atoms with van der Waals surface area (Å²) in [6.07, 6.45) is 5.21. The summed E-state index contributed by atoms with van der Waals surface area (Å²) in [5.41, 5.74) is 1.30. The van der Waals surface area contributed by atoms with Gasteiger partial charge in [0.1, 0.15) is 6.04 Å². The van der Waals surface area contributed by atoms with Crippen LogP contribution in [0.2, 0.25) is 0 Å². The fourth-order valence-corrected chi connectivity index (χ4v) is 4.26. The number of aromatic nitrogens is 2. The molecule has 0 saturated carbocycles. The van der Waals surface area contributed by atoms with Crippen molar-refractivity contribution in [1.82, 2.24) is 20.0 Å². The smallest absolute Gasteiger partial charge is 0.326 e. The Balaban J connectivity index is 1.67. The molecule has 8 nitrogen and oxygen atoms in total. The van der Waals surface area contributed by atoms with Crippen LogP contribution in [-0.4, -0.2) is 68.6 Å². The van der Waals surface area contributed by atoms with Gasteiger partial charge in [0.15, 0.2) is 0 Å². The quantitative estimate of drug-likeness (QED) is 0.839. The third kappa shape index (κ3) is 3.32. The van der Waals surface area contributed by atoms with Gasteiger partial charge in [0, 0.05) is 32.3 Å². The maximum Gasteiger partial charge on any atom is 0.326 e. The number of hydrogen-bond acceptors (Lipinski definition) is 4. The molecule has 3 rings (SSSR count).